The van der Waals surface area contributed by atoms with Crippen molar-refractivity contribution >= 4 is 22.8 Å². The van der Waals surface area contributed by atoms with Gasteiger partial charge >= 0.3 is 0 Å². The summed E-state index contributed by atoms with van der Waals surface area (Å²) < 4.78 is 33.9. The minimum atomic E-state index is -0.579. The zero-order valence-electron chi connectivity index (χ0n) is 23.8. The van der Waals surface area contributed by atoms with Crippen LogP contribution in [0.15, 0.2) is 43.0 Å². The minimum absolute atomic E-state index is 0.0722. The van der Waals surface area contributed by atoms with Crippen LogP contribution in [-0.2, 0) is 11.2 Å². The van der Waals surface area contributed by atoms with Crippen LogP contribution in [-0.4, -0.2) is 56.1 Å². The number of amides is 1. The first kappa shape index (κ1) is 29.5. The Labute approximate surface area is 243 Å². The molecule has 2 atom stereocenters. The highest BCUT2D eigenvalue weighted by Gasteiger charge is 2.25. The van der Waals surface area contributed by atoms with E-state index in [1.165, 1.54) is 6.07 Å². The maximum atomic E-state index is 14.7. The van der Waals surface area contributed by atoms with Crippen LogP contribution in [0.25, 0.3) is 22.4 Å². The molecule has 4 aromatic rings. The van der Waals surface area contributed by atoms with Gasteiger partial charge in [-0.3, -0.25) is 9.78 Å². The van der Waals surface area contributed by atoms with Crippen LogP contribution in [0.4, 0.5) is 14.6 Å². The Morgan fingerprint density at radius 3 is 2.81 bits per heavy atom. The van der Waals surface area contributed by atoms with Gasteiger partial charge in [-0.15, -0.1) is 0 Å². The highest BCUT2D eigenvalue weighted by atomic mass is 19.1. The Bertz CT molecular complexity index is 1500. The number of fused-ring (bicyclic) bond motifs is 1. The largest absolute Gasteiger partial charge is 0.382 e. The van der Waals surface area contributed by atoms with E-state index in [0.717, 1.165) is 82.5 Å². The number of H-pyrrole nitrogens is 1. The predicted octanol–water partition coefficient (Wildman–Crippen LogP) is 5.99. The van der Waals surface area contributed by atoms with E-state index in [1.807, 2.05) is 19.1 Å². The number of carbonyl (C=O) groups is 1. The van der Waals surface area contributed by atoms with Crippen LogP contribution in [0.1, 0.15) is 74.3 Å². The Balaban J connectivity index is 1.16. The summed E-state index contributed by atoms with van der Waals surface area (Å²) in [7, 11) is 0. The number of halogens is 2. The lowest BCUT2D eigenvalue weighted by atomic mass is 9.90. The second-order valence-corrected chi connectivity index (χ2v) is 10.7. The Hall–Kier alpha value is -3.99. The molecule has 5 rings (SSSR count). The molecule has 222 valence electrons. The van der Waals surface area contributed by atoms with E-state index in [2.05, 4.69) is 35.6 Å². The lowest BCUT2D eigenvalue weighted by Crippen LogP contribution is -2.42. The number of anilines is 1. The lowest BCUT2D eigenvalue weighted by Gasteiger charge is -2.30. The van der Waals surface area contributed by atoms with Gasteiger partial charge in [0.1, 0.15) is 17.2 Å². The molecule has 0 radical (unpaired) electrons. The highest BCUT2D eigenvalue weighted by molar-refractivity contribution is 5.93. The molecule has 0 spiro atoms. The molecule has 42 heavy (non-hydrogen) atoms. The molecule has 1 fully saturated rings. The van der Waals surface area contributed by atoms with Gasteiger partial charge in [0.15, 0.2) is 17.5 Å². The van der Waals surface area contributed by atoms with Gasteiger partial charge in [0, 0.05) is 48.6 Å². The monoisotopic (exact) mass is 577 g/mol. The number of nitrogens with zero attached hydrogens (tertiary/aromatic N) is 4. The van der Waals surface area contributed by atoms with Crippen molar-refractivity contribution < 1.29 is 18.3 Å². The average molecular weight is 578 g/mol. The Kier molecular flexibility index (Phi) is 10.0. The van der Waals surface area contributed by atoms with Gasteiger partial charge < -0.3 is 20.4 Å². The number of aromatic nitrogens is 5. The van der Waals surface area contributed by atoms with E-state index in [0.29, 0.717) is 28.7 Å². The molecule has 9 nitrogen and oxygen atoms in total. The number of aryl methyl sites for hydroxylation is 1. The van der Waals surface area contributed by atoms with Gasteiger partial charge in [-0.2, -0.15) is 0 Å². The number of pyridine rings is 2. The van der Waals surface area contributed by atoms with E-state index in [1.54, 1.807) is 12.4 Å². The fourth-order valence-corrected chi connectivity index (χ4v) is 5.45. The summed E-state index contributed by atoms with van der Waals surface area (Å²) in [6.45, 7) is 3.58. The fourth-order valence-electron chi connectivity index (χ4n) is 5.45. The molecule has 0 aliphatic heterocycles. The quantitative estimate of drug-likeness (QED) is 0.167. The molecule has 0 bridgehead atoms. The third kappa shape index (κ3) is 7.64. The number of carbonyl (C=O) groups excluding carboxylic acids is 1. The van der Waals surface area contributed by atoms with E-state index in [9.17, 15) is 13.6 Å². The third-order valence-corrected chi connectivity index (χ3v) is 7.60. The van der Waals surface area contributed by atoms with Gasteiger partial charge in [0.2, 0.25) is 0 Å². The summed E-state index contributed by atoms with van der Waals surface area (Å²) in [5.41, 5.74) is 2.54. The number of aromatic amines is 1. The fraction of sp³-hybridized carbons (Fsp3) is 0.452. The zero-order chi connectivity index (χ0) is 29.3. The summed E-state index contributed by atoms with van der Waals surface area (Å²) in [6.07, 6.45) is 14.0. The SMILES string of the molecule is CCOCCCCCCc1ccnc(C(=O)N[C@H]2CCC[C@@H](Nc3nc(-c4c[nH]c5ncc(F)cc45)ncc3F)C2)c1. The Morgan fingerprint density at radius 1 is 1.07 bits per heavy atom. The molecule has 1 aliphatic carbocycles. The summed E-state index contributed by atoms with van der Waals surface area (Å²) in [4.78, 5) is 32.9. The van der Waals surface area contributed by atoms with Gasteiger partial charge in [-0.25, -0.2) is 23.7 Å². The number of rotatable bonds is 13. The number of hydrogen-bond acceptors (Lipinski definition) is 7. The Morgan fingerprint density at radius 2 is 1.93 bits per heavy atom. The van der Waals surface area contributed by atoms with Crippen molar-refractivity contribution in [2.24, 2.45) is 0 Å². The summed E-state index contributed by atoms with van der Waals surface area (Å²) in [5, 5.41) is 6.84. The van der Waals surface area contributed by atoms with Crippen molar-refractivity contribution in [1.29, 1.82) is 0 Å². The minimum Gasteiger partial charge on any atom is -0.382 e. The third-order valence-electron chi connectivity index (χ3n) is 7.60. The average Bonchev–Trinajstić information content (AvgIpc) is 3.41. The summed E-state index contributed by atoms with van der Waals surface area (Å²) in [5.74, 6) is -0.929. The molecular formula is C31H37F2N7O2. The van der Waals surface area contributed by atoms with E-state index < -0.39 is 11.6 Å². The van der Waals surface area contributed by atoms with Crippen LogP contribution in [0.2, 0.25) is 0 Å². The maximum absolute atomic E-state index is 14.7. The molecule has 1 saturated carbocycles. The number of unbranched alkanes of at least 4 members (excludes halogenated alkanes) is 3. The summed E-state index contributed by atoms with van der Waals surface area (Å²) >= 11 is 0. The van der Waals surface area contributed by atoms with Crippen molar-refractivity contribution in [3.63, 3.8) is 0 Å². The van der Waals surface area contributed by atoms with E-state index >= 15 is 0 Å². The second kappa shape index (κ2) is 14.3. The molecule has 1 amide bonds. The molecular weight excluding hydrogens is 540 g/mol. The molecule has 1 aliphatic rings. The molecule has 0 saturated heterocycles. The molecule has 0 aromatic carbocycles. The van der Waals surface area contributed by atoms with E-state index in [-0.39, 0.29) is 29.6 Å². The van der Waals surface area contributed by atoms with Gasteiger partial charge in [-0.1, -0.05) is 12.8 Å². The normalized spacial score (nSPS) is 16.9. The maximum Gasteiger partial charge on any atom is 0.270 e. The number of nitrogens with one attached hydrogen (secondary N) is 3. The van der Waals surface area contributed by atoms with Crippen molar-refractivity contribution in [2.45, 2.75) is 76.8 Å². The first-order valence-electron chi connectivity index (χ1n) is 14.8. The van der Waals surface area contributed by atoms with Crippen molar-refractivity contribution in [3.05, 3.63) is 65.9 Å². The van der Waals surface area contributed by atoms with Gasteiger partial charge in [0.25, 0.3) is 5.91 Å². The van der Waals surface area contributed by atoms with Crippen LogP contribution in [0.3, 0.4) is 0 Å². The van der Waals surface area contributed by atoms with Crippen LogP contribution < -0.4 is 10.6 Å². The lowest BCUT2D eigenvalue weighted by molar-refractivity contribution is 0.0921. The highest BCUT2D eigenvalue weighted by Crippen LogP contribution is 2.28. The number of hydrogen-bond donors (Lipinski definition) is 3. The standard InChI is InChI=1S/C31H37F2N7O2/c1-2-42-13-6-4-3-5-8-20-11-12-34-27(14-20)31(41)39-23-10-7-9-22(16-23)38-30-26(33)19-37-29(40-30)25-18-36-28-24(25)15-21(32)17-35-28/h11-12,14-15,17-19,22-23H,2-10,13,16H2,1H3,(H,35,36)(H,39,41)(H,37,38,40)/t22-,23+/m1/s1. The van der Waals surface area contributed by atoms with Crippen molar-refractivity contribution in [3.8, 4) is 11.4 Å². The molecule has 11 heteroatoms. The van der Waals surface area contributed by atoms with Crippen LogP contribution >= 0.6 is 0 Å². The molecule has 0 unspecified atom stereocenters. The van der Waals surface area contributed by atoms with Gasteiger partial charge in [-0.05, 0) is 75.6 Å². The van der Waals surface area contributed by atoms with Crippen LogP contribution in [0.5, 0.6) is 0 Å². The first-order chi connectivity index (χ1) is 20.5. The smallest absolute Gasteiger partial charge is 0.270 e. The van der Waals surface area contributed by atoms with E-state index in [4.69, 9.17) is 4.74 Å². The zero-order valence-corrected chi connectivity index (χ0v) is 23.8. The number of ether oxygens (including phenoxy) is 1. The summed E-state index contributed by atoms with van der Waals surface area (Å²) in [6, 6.07) is 5.01. The molecule has 4 aromatic heterocycles. The van der Waals surface area contributed by atoms with Crippen LogP contribution in [0, 0.1) is 11.6 Å². The van der Waals surface area contributed by atoms with Crippen molar-refractivity contribution in [2.75, 3.05) is 18.5 Å². The van der Waals surface area contributed by atoms with Gasteiger partial charge in [0.05, 0.1) is 12.4 Å². The predicted molar refractivity (Wildman–Crippen MR) is 157 cm³/mol. The second-order valence-electron chi connectivity index (χ2n) is 10.7. The topological polar surface area (TPSA) is 118 Å². The first-order valence-corrected chi connectivity index (χ1v) is 14.8. The van der Waals surface area contributed by atoms with Crippen molar-refractivity contribution in [1.82, 2.24) is 30.2 Å². The molecule has 4 heterocycles. The molecule has 3 N–H and O–H groups in total.